The summed E-state index contributed by atoms with van der Waals surface area (Å²) in [6, 6.07) is 13.3. The van der Waals surface area contributed by atoms with Crippen molar-refractivity contribution in [2.45, 2.75) is 6.54 Å². The van der Waals surface area contributed by atoms with Crippen LogP contribution in [0.2, 0.25) is 0 Å². The van der Waals surface area contributed by atoms with Crippen LogP contribution in [0.15, 0.2) is 60.2 Å². The van der Waals surface area contributed by atoms with Crippen molar-refractivity contribution in [3.05, 3.63) is 71.6 Å². The Morgan fingerprint density at radius 2 is 2.08 bits per heavy atom. The van der Waals surface area contributed by atoms with Crippen molar-refractivity contribution in [2.24, 2.45) is 0 Å². The van der Waals surface area contributed by atoms with Crippen LogP contribution in [-0.2, 0) is 6.54 Å². The molecule has 6 nitrogen and oxygen atoms in total. The lowest BCUT2D eigenvalue weighted by atomic mass is 10.2. The van der Waals surface area contributed by atoms with Crippen LogP contribution in [0.5, 0.6) is 5.75 Å². The van der Waals surface area contributed by atoms with Crippen LogP contribution in [0.3, 0.4) is 0 Å². The Bertz CT molecular complexity index is 1040. The number of thiazole rings is 1. The highest BCUT2D eigenvalue weighted by molar-refractivity contribution is 7.15. The number of rotatable bonds is 5. The summed E-state index contributed by atoms with van der Waals surface area (Å²) in [5.41, 5.74) is 3.17. The average Bonchev–Trinajstić information content (AvgIpc) is 3.28. The summed E-state index contributed by atoms with van der Waals surface area (Å²) in [5, 5.41) is 4.71. The molecule has 4 rings (SSSR count). The van der Waals surface area contributed by atoms with E-state index in [0.29, 0.717) is 12.2 Å². The molecule has 1 amide bonds. The predicted octanol–water partition coefficient (Wildman–Crippen LogP) is 3.40. The lowest BCUT2D eigenvalue weighted by Crippen LogP contribution is -2.24. The Kier molecular flexibility index (Phi) is 4.37. The van der Waals surface area contributed by atoms with E-state index in [0.717, 1.165) is 27.7 Å². The van der Waals surface area contributed by atoms with Crippen LogP contribution in [0.4, 0.5) is 0 Å². The minimum atomic E-state index is -0.152. The molecule has 7 heteroatoms. The van der Waals surface area contributed by atoms with E-state index in [4.69, 9.17) is 4.74 Å². The van der Waals surface area contributed by atoms with E-state index in [9.17, 15) is 4.79 Å². The molecule has 1 N–H and O–H groups in total. The van der Waals surface area contributed by atoms with Gasteiger partial charge in [-0.15, -0.1) is 11.3 Å². The van der Waals surface area contributed by atoms with Crippen molar-refractivity contribution < 1.29 is 9.53 Å². The number of methoxy groups -OCH3 is 1. The third kappa shape index (κ3) is 3.16. The van der Waals surface area contributed by atoms with Crippen LogP contribution < -0.4 is 10.1 Å². The molecule has 0 atom stereocenters. The average molecular weight is 364 g/mol. The van der Waals surface area contributed by atoms with E-state index in [1.807, 2.05) is 58.4 Å². The lowest BCUT2D eigenvalue weighted by molar-refractivity contribution is 0.0945. The fourth-order valence-electron chi connectivity index (χ4n) is 2.61. The van der Waals surface area contributed by atoms with Crippen molar-refractivity contribution in [2.75, 3.05) is 7.11 Å². The molecule has 0 aliphatic heterocycles. The summed E-state index contributed by atoms with van der Waals surface area (Å²) < 4.78 is 7.00. The van der Waals surface area contributed by atoms with Crippen molar-refractivity contribution in [3.63, 3.8) is 0 Å². The first-order valence-electron chi connectivity index (χ1n) is 8.04. The Morgan fingerprint density at radius 1 is 1.23 bits per heavy atom. The number of fused-ring (bicyclic) bond motifs is 1. The van der Waals surface area contributed by atoms with Gasteiger partial charge >= 0.3 is 0 Å². The third-order valence-corrected chi connectivity index (χ3v) is 4.82. The highest BCUT2D eigenvalue weighted by Crippen LogP contribution is 2.25. The molecule has 130 valence electrons. The predicted molar refractivity (Wildman–Crippen MR) is 100 cm³/mol. The topological polar surface area (TPSA) is 68.5 Å². The molecule has 26 heavy (non-hydrogen) atoms. The van der Waals surface area contributed by atoms with Crippen LogP contribution in [0.1, 0.15) is 16.2 Å². The second-order valence-electron chi connectivity index (χ2n) is 5.63. The molecule has 1 aromatic carbocycles. The zero-order valence-corrected chi connectivity index (χ0v) is 14.9. The number of hydrogen-bond acceptors (Lipinski definition) is 5. The van der Waals surface area contributed by atoms with Crippen molar-refractivity contribution in [3.8, 4) is 17.0 Å². The number of pyridine rings is 1. The minimum Gasteiger partial charge on any atom is -0.497 e. The fourth-order valence-corrected chi connectivity index (χ4v) is 3.47. The Balaban J connectivity index is 1.56. The molecule has 3 aromatic heterocycles. The lowest BCUT2D eigenvalue weighted by Gasteiger charge is -2.03. The van der Waals surface area contributed by atoms with E-state index >= 15 is 0 Å². The zero-order chi connectivity index (χ0) is 17.9. The number of hydrogen-bond donors (Lipinski definition) is 1. The van der Waals surface area contributed by atoms with Gasteiger partial charge in [0.25, 0.3) is 5.91 Å². The first-order chi connectivity index (χ1) is 12.7. The van der Waals surface area contributed by atoms with Gasteiger partial charge in [-0.2, -0.15) is 0 Å². The molecule has 0 saturated carbocycles. The largest absolute Gasteiger partial charge is 0.497 e. The van der Waals surface area contributed by atoms with Crippen LogP contribution in [0, 0.1) is 0 Å². The van der Waals surface area contributed by atoms with Gasteiger partial charge in [0.1, 0.15) is 11.4 Å². The smallest absolute Gasteiger partial charge is 0.269 e. The van der Waals surface area contributed by atoms with E-state index in [-0.39, 0.29) is 5.91 Å². The standard InChI is InChI=1S/C19H16N4O2S/c1-25-15-7-5-13(6-8-15)16-11-23-17(12-26-19(23)22-16)18(24)21-10-14-4-2-3-9-20-14/h2-9,11-12H,10H2,1H3,(H,21,24). The van der Waals surface area contributed by atoms with Crippen LogP contribution in [0.25, 0.3) is 16.2 Å². The van der Waals surface area contributed by atoms with E-state index in [1.165, 1.54) is 11.3 Å². The Morgan fingerprint density at radius 3 is 2.81 bits per heavy atom. The van der Waals surface area contributed by atoms with Gasteiger partial charge in [0.2, 0.25) is 0 Å². The molecular formula is C19H16N4O2S. The first-order valence-corrected chi connectivity index (χ1v) is 8.91. The molecule has 0 unspecified atom stereocenters. The van der Waals surface area contributed by atoms with Crippen molar-refractivity contribution in [1.29, 1.82) is 0 Å². The summed E-state index contributed by atoms with van der Waals surface area (Å²) in [5.74, 6) is 0.643. The maximum absolute atomic E-state index is 12.5. The first kappa shape index (κ1) is 16.3. The normalized spacial score (nSPS) is 10.8. The molecule has 0 aliphatic carbocycles. The van der Waals surface area contributed by atoms with Crippen molar-refractivity contribution >= 4 is 22.2 Å². The van der Waals surface area contributed by atoms with E-state index in [1.54, 1.807) is 13.3 Å². The Hall–Kier alpha value is -3.19. The van der Waals surface area contributed by atoms with Gasteiger partial charge < -0.3 is 10.1 Å². The van der Waals surface area contributed by atoms with Gasteiger partial charge in [-0.05, 0) is 36.4 Å². The number of amides is 1. The quantitative estimate of drug-likeness (QED) is 0.589. The van der Waals surface area contributed by atoms with E-state index < -0.39 is 0 Å². The van der Waals surface area contributed by atoms with Crippen molar-refractivity contribution in [1.82, 2.24) is 19.7 Å². The number of imidazole rings is 1. The van der Waals surface area contributed by atoms with Crippen LogP contribution >= 0.6 is 11.3 Å². The van der Waals surface area contributed by atoms with Gasteiger partial charge in [0.15, 0.2) is 4.96 Å². The van der Waals surface area contributed by atoms with Crippen LogP contribution in [-0.4, -0.2) is 27.4 Å². The van der Waals surface area contributed by atoms with Gasteiger partial charge in [-0.3, -0.25) is 14.2 Å². The second-order valence-corrected chi connectivity index (χ2v) is 6.47. The molecule has 4 aromatic rings. The number of carbonyl (C=O) groups is 1. The Labute approximate surface area is 154 Å². The summed E-state index contributed by atoms with van der Waals surface area (Å²) in [6.07, 6.45) is 3.59. The highest BCUT2D eigenvalue weighted by atomic mass is 32.1. The number of benzene rings is 1. The van der Waals surface area contributed by atoms with Gasteiger partial charge in [-0.25, -0.2) is 4.98 Å². The summed E-state index contributed by atoms with van der Waals surface area (Å²) >= 11 is 1.44. The second kappa shape index (κ2) is 6.97. The number of aromatic nitrogens is 3. The van der Waals surface area contributed by atoms with Gasteiger partial charge in [0.05, 0.1) is 25.0 Å². The third-order valence-electron chi connectivity index (χ3n) is 3.98. The molecule has 0 aliphatic rings. The molecule has 0 saturated heterocycles. The molecule has 0 radical (unpaired) electrons. The molecule has 0 fully saturated rings. The zero-order valence-electron chi connectivity index (χ0n) is 14.0. The minimum absolute atomic E-state index is 0.152. The maximum Gasteiger partial charge on any atom is 0.269 e. The number of nitrogens with zero attached hydrogens (tertiary/aromatic N) is 3. The highest BCUT2D eigenvalue weighted by Gasteiger charge is 2.15. The molecule has 0 bridgehead atoms. The molecule has 0 spiro atoms. The van der Waals surface area contributed by atoms with Gasteiger partial charge in [0, 0.05) is 23.3 Å². The number of ether oxygens (including phenoxy) is 1. The number of nitrogens with one attached hydrogen (secondary N) is 1. The summed E-state index contributed by atoms with van der Waals surface area (Å²) in [7, 11) is 1.64. The summed E-state index contributed by atoms with van der Waals surface area (Å²) in [4.78, 5) is 22.1. The van der Waals surface area contributed by atoms with E-state index in [2.05, 4.69) is 15.3 Å². The molecule has 3 heterocycles. The molecular weight excluding hydrogens is 348 g/mol. The fraction of sp³-hybridized carbons (Fsp3) is 0.105. The summed E-state index contributed by atoms with van der Waals surface area (Å²) in [6.45, 7) is 0.386. The number of carbonyl (C=O) groups excluding carboxylic acids is 1. The monoisotopic (exact) mass is 364 g/mol. The van der Waals surface area contributed by atoms with Gasteiger partial charge in [-0.1, -0.05) is 6.07 Å². The SMILES string of the molecule is COc1ccc(-c2cn3c(C(=O)NCc4ccccn4)csc3n2)cc1. The maximum atomic E-state index is 12.5.